The lowest BCUT2D eigenvalue weighted by Gasteiger charge is -2.13. The van der Waals surface area contributed by atoms with Crippen molar-refractivity contribution in [1.82, 2.24) is 5.32 Å². The molecule has 0 aliphatic carbocycles. The Kier molecular flexibility index (Phi) is 3.98. The van der Waals surface area contributed by atoms with E-state index in [1.54, 1.807) is 6.92 Å². The maximum atomic E-state index is 13.2. The van der Waals surface area contributed by atoms with Crippen molar-refractivity contribution in [2.75, 3.05) is 13.2 Å². The number of hydrogen-bond donors (Lipinski definition) is 2. The molecule has 78 valence electrons. The molecular formula is C10H13F2NO. The van der Waals surface area contributed by atoms with E-state index in [1.165, 1.54) is 12.1 Å². The van der Waals surface area contributed by atoms with Gasteiger partial charge in [0.2, 0.25) is 0 Å². The topological polar surface area (TPSA) is 32.3 Å². The third-order valence-corrected chi connectivity index (χ3v) is 1.99. The highest BCUT2D eigenvalue weighted by molar-refractivity contribution is 5.21. The summed E-state index contributed by atoms with van der Waals surface area (Å²) in [5.41, 5.74) is 0.403. The second-order valence-electron chi connectivity index (χ2n) is 3.07. The molecule has 14 heavy (non-hydrogen) atoms. The van der Waals surface area contributed by atoms with Crippen molar-refractivity contribution in [3.8, 4) is 0 Å². The minimum Gasteiger partial charge on any atom is -0.395 e. The highest BCUT2D eigenvalue weighted by atomic mass is 19.1. The Morgan fingerprint density at radius 1 is 1.43 bits per heavy atom. The maximum Gasteiger partial charge on any atom is 0.130 e. The number of nitrogens with one attached hydrogen (secondary N) is 1. The molecule has 0 aliphatic heterocycles. The molecule has 1 aromatic rings. The van der Waals surface area contributed by atoms with Gasteiger partial charge >= 0.3 is 0 Å². The molecule has 1 rings (SSSR count). The van der Waals surface area contributed by atoms with Crippen LogP contribution < -0.4 is 5.32 Å². The van der Waals surface area contributed by atoms with E-state index in [1.807, 2.05) is 0 Å². The summed E-state index contributed by atoms with van der Waals surface area (Å²) in [7, 11) is 0. The number of rotatable bonds is 4. The van der Waals surface area contributed by atoms with Crippen molar-refractivity contribution in [2.45, 2.75) is 13.0 Å². The molecule has 0 saturated carbocycles. The van der Waals surface area contributed by atoms with Crippen LogP contribution >= 0.6 is 0 Å². The highest BCUT2D eigenvalue weighted by Gasteiger charge is 2.10. The summed E-state index contributed by atoms with van der Waals surface area (Å²) in [6.45, 7) is 2.14. The fraction of sp³-hybridized carbons (Fsp3) is 0.400. The van der Waals surface area contributed by atoms with E-state index >= 15 is 0 Å². The summed E-state index contributed by atoms with van der Waals surface area (Å²) in [5.74, 6) is -1.15. The van der Waals surface area contributed by atoms with Gasteiger partial charge in [0.25, 0.3) is 0 Å². The molecule has 0 heterocycles. The van der Waals surface area contributed by atoms with E-state index in [4.69, 9.17) is 5.11 Å². The Labute approximate surface area is 81.6 Å². The summed E-state index contributed by atoms with van der Waals surface area (Å²) >= 11 is 0. The van der Waals surface area contributed by atoms with Gasteiger partial charge in [0.1, 0.15) is 11.6 Å². The third-order valence-electron chi connectivity index (χ3n) is 1.99. The van der Waals surface area contributed by atoms with Crippen LogP contribution in [0.2, 0.25) is 0 Å². The van der Waals surface area contributed by atoms with E-state index in [9.17, 15) is 8.78 Å². The lowest BCUT2D eigenvalue weighted by molar-refractivity contribution is 0.285. The van der Waals surface area contributed by atoms with Crippen LogP contribution in [0.3, 0.4) is 0 Å². The maximum absolute atomic E-state index is 13.2. The van der Waals surface area contributed by atoms with E-state index in [0.29, 0.717) is 12.1 Å². The fourth-order valence-corrected chi connectivity index (χ4v) is 1.24. The van der Waals surface area contributed by atoms with Gasteiger partial charge in [-0.1, -0.05) is 6.07 Å². The Hall–Kier alpha value is -1.00. The zero-order valence-corrected chi connectivity index (χ0v) is 7.93. The van der Waals surface area contributed by atoms with E-state index in [2.05, 4.69) is 5.32 Å². The minimum atomic E-state index is -0.583. The molecule has 2 nitrogen and oxygen atoms in total. The van der Waals surface area contributed by atoms with Crippen LogP contribution in [0, 0.1) is 11.6 Å². The Morgan fingerprint density at radius 3 is 2.71 bits per heavy atom. The zero-order valence-electron chi connectivity index (χ0n) is 7.93. The first-order valence-corrected chi connectivity index (χ1v) is 4.44. The Bertz CT molecular complexity index is 304. The van der Waals surface area contributed by atoms with E-state index in [-0.39, 0.29) is 12.6 Å². The van der Waals surface area contributed by atoms with Gasteiger partial charge < -0.3 is 10.4 Å². The van der Waals surface area contributed by atoms with Gasteiger partial charge in [-0.25, -0.2) is 8.78 Å². The molecule has 0 aliphatic rings. The number of halogens is 2. The van der Waals surface area contributed by atoms with Crippen LogP contribution in [0.25, 0.3) is 0 Å². The van der Waals surface area contributed by atoms with Crippen LogP contribution in [0.15, 0.2) is 18.2 Å². The quantitative estimate of drug-likeness (QED) is 0.775. The molecule has 0 fully saturated rings. The van der Waals surface area contributed by atoms with Crippen molar-refractivity contribution in [2.24, 2.45) is 0 Å². The van der Waals surface area contributed by atoms with Gasteiger partial charge in [0.15, 0.2) is 0 Å². The van der Waals surface area contributed by atoms with Gasteiger partial charge in [0, 0.05) is 24.2 Å². The third kappa shape index (κ3) is 2.75. The molecule has 0 bridgehead atoms. The van der Waals surface area contributed by atoms with Gasteiger partial charge in [-0.15, -0.1) is 0 Å². The molecule has 1 aromatic carbocycles. The van der Waals surface area contributed by atoms with Crippen molar-refractivity contribution in [3.63, 3.8) is 0 Å². The van der Waals surface area contributed by atoms with Gasteiger partial charge in [-0.05, 0) is 13.0 Å². The van der Waals surface area contributed by atoms with Crippen molar-refractivity contribution >= 4 is 0 Å². The second-order valence-corrected chi connectivity index (χ2v) is 3.07. The monoisotopic (exact) mass is 201 g/mol. The molecule has 0 unspecified atom stereocenters. The molecule has 1 atom stereocenters. The first kappa shape index (κ1) is 11.1. The zero-order chi connectivity index (χ0) is 10.6. The highest BCUT2D eigenvalue weighted by Crippen LogP contribution is 2.17. The summed E-state index contributed by atoms with van der Waals surface area (Å²) in [4.78, 5) is 0. The number of aliphatic hydroxyl groups excluding tert-OH is 1. The SMILES string of the molecule is C[C@@H](NCCO)c1ccc(F)cc1F. The minimum absolute atomic E-state index is 0.00679. The largest absolute Gasteiger partial charge is 0.395 e. The molecule has 0 saturated heterocycles. The average molecular weight is 201 g/mol. The van der Waals surface area contributed by atoms with Crippen LogP contribution in [-0.4, -0.2) is 18.3 Å². The lowest BCUT2D eigenvalue weighted by Crippen LogP contribution is -2.22. The number of benzene rings is 1. The molecule has 0 spiro atoms. The second kappa shape index (κ2) is 5.02. The summed E-state index contributed by atoms with van der Waals surface area (Å²) in [6, 6.07) is 3.24. The predicted octanol–water partition coefficient (Wildman–Crippen LogP) is 1.61. The smallest absolute Gasteiger partial charge is 0.130 e. The predicted molar refractivity (Wildman–Crippen MR) is 49.9 cm³/mol. The normalized spacial score (nSPS) is 12.9. The molecule has 4 heteroatoms. The Morgan fingerprint density at radius 2 is 2.14 bits per heavy atom. The van der Waals surface area contributed by atoms with Crippen LogP contribution in [0.5, 0.6) is 0 Å². The van der Waals surface area contributed by atoms with Crippen LogP contribution in [0.1, 0.15) is 18.5 Å². The van der Waals surface area contributed by atoms with Crippen LogP contribution in [0.4, 0.5) is 8.78 Å². The van der Waals surface area contributed by atoms with E-state index < -0.39 is 11.6 Å². The molecule has 0 radical (unpaired) electrons. The van der Waals surface area contributed by atoms with Gasteiger partial charge in [-0.3, -0.25) is 0 Å². The van der Waals surface area contributed by atoms with Gasteiger partial charge in [0.05, 0.1) is 6.61 Å². The molecule has 0 aromatic heterocycles. The standard InChI is InChI=1S/C10H13F2NO/c1-7(13-4-5-14)9-3-2-8(11)6-10(9)12/h2-3,6-7,13-14H,4-5H2,1H3/t7-/m1/s1. The molecule has 2 N–H and O–H groups in total. The summed E-state index contributed by atoms with van der Waals surface area (Å²) in [6.07, 6.45) is 0. The molecular weight excluding hydrogens is 188 g/mol. The van der Waals surface area contributed by atoms with Gasteiger partial charge in [-0.2, -0.15) is 0 Å². The summed E-state index contributed by atoms with van der Waals surface area (Å²) < 4.78 is 25.7. The Balaban J connectivity index is 2.74. The molecule has 0 amide bonds. The van der Waals surface area contributed by atoms with E-state index in [0.717, 1.165) is 6.07 Å². The average Bonchev–Trinajstić information content (AvgIpc) is 2.14. The number of hydrogen-bond acceptors (Lipinski definition) is 2. The number of aliphatic hydroxyl groups is 1. The van der Waals surface area contributed by atoms with Crippen molar-refractivity contribution in [1.29, 1.82) is 0 Å². The summed E-state index contributed by atoms with van der Waals surface area (Å²) in [5, 5.41) is 11.5. The van der Waals surface area contributed by atoms with Crippen LogP contribution in [-0.2, 0) is 0 Å². The fourth-order valence-electron chi connectivity index (χ4n) is 1.24. The first-order chi connectivity index (χ1) is 6.65. The first-order valence-electron chi connectivity index (χ1n) is 4.44. The van der Waals surface area contributed by atoms with Crippen molar-refractivity contribution in [3.05, 3.63) is 35.4 Å². The van der Waals surface area contributed by atoms with Crippen molar-refractivity contribution < 1.29 is 13.9 Å². The lowest BCUT2D eigenvalue weighted by atomic mass is 10.1.